The van der Waals surface area contributed by atoms with E-state index in [1.54, 1.807) is 0 Å². The first-order chi connectivity index (χ1) is 5.40. The minimum Gasteiger partial charge on any atom is -0.309 e. The van der Waals surface area contributed by atoms with Crippen molar-refractivity contribution < 1.29 is 0 Å². The summed E-state index contributed by atoms with van der Waals surface area (Å²) >= 11 is 2.14. The fourth-order valence-electron chi connectivity index (χ4n) is 1.74. The van der Waals surface area contributed by atoms with E-state index in [-0.39, 0.29) is 0 Å². The van der Waals surface area contributed by atoms with E-state index < -0.39 is 0 Å². The molecule has 1 nitrogen and oxygen atoms in total. The molecular formula is C9H17NS. The molecule has 1 aliphatic carbocycles. The highest BCUT2D eigenvalue weighted by Gasteiger charge is 2.33. The van der Waals surface area contributed by atoms with Gasteiger partial charge in [-0.15, -0.1) is 0 Å². The monoisotopic (exact) mass is 171 g/mol. The second kappa shape index (κ2) is 3.36. The van der Waals surface area contributed by atoms with Crippen molar-refractivity contribution in [2.45, 2.75) is 38.3 Å². The Balaban J connectivity index is 1.82. The minimum atomic E-state index is 0.805. The molecule has 0 aromatic carbocycles. The van der Waals surface area contributed by atoms with Crippen LogP contribution in [-0.4, -0.2) is 23.6 Å². The predicted octanol–water partition coefficient (Wildman–Crippen LogP) is 1.88. The van der Waals surface area contributed by atoms with E-state index in [2.05, 4.69) is 24.0 Å². The summed E-state index contributed by atoms with van der Waals surface area (Å²) in [6.45, 7) is 2.29. The summed E-state index contributed by atoms with van der Waals surface area (Å²) in [6, 6.07) is 1.66. The number of hydrogen-bond donors (Lipinski definition) is 1. The average Bonchev–Trinajstić information content (AvgIpc) is 2.87. The van der Waals surface area contributed by atoms with Gasteiger partial charge in [-0.2, -0.15) is 11.8 Å². The van der Waals surface area contributed by atoms with Gasteiger partial charge in [0.1, 0.15) is 0 Å². The van der Waals surface area contributed by atoms with Gasteiger partial charge in [0.05, 0.1) is 0 Å². The number of thioether (sulfide) groups is 1. The average molecular weight is 171 g/mol. The van der Waals surface area contributed by atoms with Crippen LogP contribution in [-0.2, 0) is 0 Å². The van der Waals surface area contributed by atoms with Gasteiger partial charge in [-0.05, 0) is 25.2 Å². The third-order valence-electron chi connectivity index (χ3n) is 2.75. The SMILES string of the molecule is CCC1CSCC(C2CC2)N1. The normalized spacial score (nSPS) is 39.0. The van der Waals surface area contributed by atoms with Crippen LogP contribution < -0.4 is 5.32 Å². The Morgan fingerprint density at radius 1 is 1.36 bits per heavy atom. The molecule has 0 spiro atoms. The maximum atomic E-state index is 3.74. The van der Waals surface area contributed by atoms with Crippen molar-refractivity contribution in [1.82, 2.24) is 5.32 Å². The molecule has 0 radical (unpaired) electrons. The van der Waals surface area contributed by atoms with E-state index in [0.717, 1.165) is 18.0 Å². The van der Waals surface area contributed by atoms with E-state index in [1.807, 2.05) is 0 Å². The molecule has 2 fully saturated rings. The van der Waals surface area contributed by atoms with Crippen molar-refractivity contribution in [2.75, 3.05) is 11.5 Å². The van der Waals surface area contributed by atoms with Gasteiger partial charge in [-0.3, -0.25) is 0 Å². The van der Waals surface area contributed by atoms with E-state index in [1.165, 1.54) is 30.8 Å². The first kappa shape index (κ1) is 7.93. The highest BCUT2D eigenvalue weighted by Crippen LogP contribution is 2.35. The molecule has 2 atom stereocenters. The van der Waals surface area contributed by atoms with Gasteiger partial charge >= 0.3 is 0 Å². The van der Waals surface area contributed by atoms with Gasteiger partial charge in [0.2, 0.25) is 0 Å². The van der Waals surface area contributed by atoms with Gasteiger partial charge in [-0.25, -0.2) is 0 Å². The van der Waals surface area contributed by atoms with Gasteiger partial charge < -0.3 is 5.32 Å². The largest absolute Gasteiger partial charge is 0.309 e. The van der Waals surface area contributed by atoms with Crippen molar-refractivity contribution in [3.8, 4) is 0 Å². The molecule has 0 aromatic heterocycles. The molecule has 2 unspecified atom stereocenters. The van der Waals surface area contributed by atoms with Gasteiger partial charge in [0.25, 0.3) is 0 Å². The minimum absolute atomic E-state index is 0.805. The van der Waals surface area contributed by atoms with Crippen molar-refractivity contribution >= 4 is 11.8 Å². The first-order valence-electron chi connectivity index (χ1n) is 4.74. The molecule has 2 aliphatic rings. The predicted molar refractivity (Wildman–Crippen MR) is 51.1 cm³/mol. The number of rotatable bonds is 2. The summed E-state index contributed by atoms with van der Waals surface area (Å²) < 4.78 is 0. The van der Waals surface area contributed by atoms with Crippen LogP contribution in [0.15, 0.2) is 0 Å². The maximum Gasteiger partial charge on any atom is 0.0189 e. The molecule has 0 aromatic rings. The molecule has 1 aliphatic heterocycles. The molecule has 1 saturated heterocycles. The lowest BCUT2D eigenvalue weighted by Crippen LogP contribution is -2.46. The lowest BCUT2D eigenvalue weighted by atomic mass is 10.1. The molecular weight excluding hydrogens is 154 g/mol. The molecule has 2 heteroatoms. The second-order valence-corrected chi connectivity index (χ2v) is 4.83. The summed E-state index contributed by atoms with van der Waals surface area (Å²) in [5, 5.41) is 3.74. The molecule has 64 valence electrons. The Hall–Kier alpha value is 0.310. The lowest BCUT2D eigenvalue weighted by molar-refractivity contribution is 0.422. The van der Waals surface area contributed by atoms with Gasteiger partial charge in [0, 0.05) is 23.6 Å². The van der Waals surface area contributed by atoms with E-state index in [0.29, 0.717) is 0 Å². The van der Waals surface area contributed by atoms with Crippen LogP contribution >= 0.6 is 11.8 Å². The van der Waals surface area contributed by atoms with Crippen molar-refractivity contribution in [3.05, 3.63) is 0 Å². The Morgan fingerprint density at radius 2 is 2.18 bits per heavy atom. The zero-order valence-electron chi connectivity index (χ0n) is 7.18. The van der Waals surface area contributed by atoms with E-state index in [4.69, 9.17) is 0 Å². The summed E-state index contributed by atoms with van der Waals surface area (Å²) in [4.78, 5) is 0. The van der Waals surface area contributed by atoms with Crippen LogP contribution in [0.4, 0.5) is 0 Å². The van der Waals surface area contributed by atoms with E-state index >= 15 is 0 Å². The topological polar surface area (TPSA) is 12.0 Å². The Morgan fingerprint density at radius 3 is 2.82 bits per heavy atom. The van der Waals surface area contributed by atoms with Crippen molar-refractivity contribution in [2.24, 2.45) is 5.92 Å². The zero-order chi connectivity index (χ0) is 7.68. The smallest absolute Gasteiger partial charge is 0.0189 e. The summed E-state index contributed by atoms with van der Waals surface area (Å²) in [6.07, 6.45) is 4.26. The molecule has 1 N–H and O–H groups in total. The van der Waals surface area contributed by atoms with Crippen molar-refractivity contribution in [3.63, 3.8) is 0 Å². The lowest BCUT2D eigenvalue weighted by Gasteiger charge is -2.30. The fourth-order valence-corrected chi connectivity index (χ4v) is 3.12. The number of hydrogen-bond acceptors (Lipinski definition) is 2. The second-order valence-electron chi connectivity index (χ2n) is 3.75. The highest BCUT2D eigenvalue weighted by atomic mass is 32.2. The van der Waals surface area contributed by atoms with Crippen molar-refractivity contribution in [1.29, 1.82) is 0 Å². The van der Waals surface area contributed by atoms with E-state index in [9.17, 15) is 0 Å². The Bertz CT molecular complexity index is 134. The van der Waals surface area contributed by atoms with Crippen LogP contribution in [0.25, 0.3) is 0 Å². The van der Waals surface area contributed by atoms with Gasteiger partial charge in [0.15, 0.2) is 0 Å². The van der Waals surface area contributed by atoms with Gasteiger partial charge in [-0.1, -0.05) is 6.92 Å². The molecule has 0 bridgehead atoms. The zero-order valence-corrected chi connectivity index (χ0v) is 7.99. The fraction of sp³-hybridized carbons (Fsp3) is 1.00. The molecule has 0 amide bonds. The molecule has 2 rings (SSSR count). The molecule has 11 heavy (non-hydrogen) atoms. The first-order valence-corrected chi connectivity index (χ1v) is 5.89. The standard InChI is InChI=1S/C9H17NS/c1-2-8-5-11-6-9(10-8)7-3-4-7/h7-10H,2-6H2,1H3. The third kappa shape index (κ3) is 1.91. The summed E-state index contributed by atoms with van der Waals surface area (Å²) in [5.41, 5.74) is 0. The Kier molecular flexibility index (Phi) is 2.42. The Labute approximate surface area is 73.3 Å². The molecule has 1 saturated carbocycles. The van der Waals surface area contributed by atoms with Crippen LogP contribution in [0.2, 0.25) is 0 Å². The van der Waals surface area contributed by atoms with Crippen LogP contribution in [0.1, 0.15) is 26.2 Å². The van der Waals surface area contributed by atoms with Crippen LogP contribution in [0.3, 0.4) is 0 Å². The number of nitrogens with one attached hydrogen (secondary N) is 1. The summed E-state index contributed by atoms with van der Waals surface area (Å²) in [7, 11) is 0. The molecule has 1 heterocycles. The quantitative estimate of drug-likeness (QED) is 0.681. The maximum absolute atomic E-state index is 3.74. The summed E-state index contributed by atoms with van der Waals surface area (Å²) in [5.74, 6) is 3.73. The van der Waals surface area contributed by atoms with Crippen LogP contribution in [0, 0.1) is 5.92 Å². The van der Waals surface area contributed by atoms with Crippen LogP contribution in [0.5, 0.6) is 0 Å². The highest BCUT2D eigenvalue weighted by molar-refractivity contribution is 7.99. The third-order valence-corrected chi connectivity index (χ3v) is 3.98.